The molecule has 0 radical (unpaired) electrons. The second kappa shape index (κ2) is 12.4. The highest BCUT2D eigenvalue weighted by Gasteiger charge is 2.21. The van der Waals surface area contributed by atoms with E-state index >= 15 is 0 Å². The third-order valence-electron chi connectivity index (χ3n) is 6.12. The largest absolute Gasteiger partial charge is 0.393 e. The lowest BCUT2D eigenvalue weighted by atomic mass is 10.1. The fraction of sp³-hybridized carbons (Fsp3) is 0.500. The van der Waals surface area contributed by atoms with Crippen LogP contribution in [0, 0.1) is 5.82 Å². The molecule has 180 valence electrons. The Morgan fingerprint density at radius 1 is 1.09 bits per heavy atom. The molecule has 0 amide bonds. The van der Waals surface area contributed by atoms with Crippen LogP contribution in [0.5, 0.6) is 0 Å². The smallest absolute Gasteiger partial charge is 0.194 e. The zero-order valence-corrected chi connectivity index (χ0v) is 21.5. The Hall–Kier alpha value is -2.14. The lowest BCUT2D eigenvalue weighted by Crippen LogP contribution is -2.52. The summed E-state index contributed by atoms with van der Waals surface area (Å²) in [5.74, 6) is 1.65. The SMILES string of the molecule is CCNC(=NCc1ccc(N2CCC(O)CC2)c(F)c1)N1CCN(c2ccccn2)CC1.I. The van der Waals surface area contributed by atoms with Gasteiger partial charge in [0, 0.05) is 52.0 Å². The van der Waals surface area contributed by atoms with Crippen molar-refractivity contribution in [1.82, 2.24) is 15.2 Å². The van der Waals surface area contributed by atoms with Crippen LogP contribution in [0.3, 0.4) is 0 Å². The third kappa shape index (κ3) is 6.69. The van der Waals surface area contributed by atoms with E-state index < -0.39 is 0 Å². The Morgan fingerprint density at radius 3 is 2.48 bits per heavy atom. The lowest BCUT2D eigenvalue weighted by Gasteiger charge is -2.37. The van der Waals surface area contributed by atoms with Gasteiger partial charge < -0.3 is 25.1 Å². The second-order valence-electron chi connectivity index (χ2n) is 8.34. The minimum atomic E-state index is -0.266. The number of nitrogens with one attached hydrogen (secondary N) is 1. The highest BCUT2D eigenvalue weighted by molar-refractivity contribution is 14.0. The molecule has 0 aliphatic carbocycles. The van der Waals surface area contributed by atoms with Crippen LogP contribution in [0.15, 0.2) is 47.6 Å². The minimum Gasteiger partial charge on any atom is -0.393 e. The normalized spacial score (nSPS) is 17.7. The number of hydrogen-bond acceptors (Lipinski definition) is 5. The Balaban J connectivity index is 0.00000306. The maximum atomic E-state index is 14.8. The van der Waals surface area contributed by atoms with Crippen molar-refractivity contribution in [2.75, 3.05) is 55.6 Å². The van der Waals surface area contributed by atoms with Gasteiger partial charge in [-0.15, -0.1) is 24.0 Å². The first-order valence-electron chi connectivity index (χ1n) is 11.5. The molecule has 3 heterocycles. The molecule has 2 fully saturated rings. The summed E-state index contributed by atoms with van der Waals surface area (Å²) >= 11 is 0. The molecule has 2 saturated heterocycles. The molecule has 2 aromatic rings. The molecule has 2 N–H and O–H groups in total. The Kier molecular flexibility index (Phi) is 9.54. The van der Waals surface area contributed by atoms with Crippen LogP contribution in [-0.2, 0) is 6.54 Å². The molecule has 2 aliphatic heterocycles. The average molecular weight is 568 g/mol. The molecule has 1 aromatic heterocycles. The summed E-state index contributed by atoms with van der Waals surface area (Å²) in [6.45, 7) is 8.13. The average Bonchev–Trinajstić information content (AvgIpc) is 2.83. The van der Waals surface area contributed by atoms with Crippen molar-refractivity contribution in [3.8, 4) is 0 Å². The fourth-order valence-electron chi connectivity index (χ4n) is 4.29. The Labute approximate surface area is 212 Å². The Morgan fingerprint density at radius 2 is 1.85 bits per heavy atom. The van der Waals surface area contributed by atoms with Crippen molar-refractivity contribution >= 4 is 41.4 Å². The maximum Gasteiger partial charge on any atom is 0.194 e. The number of guanidine groups is 1. The van der Waals surface area contributed by atoms with E-state index in [1.165, 1.54) is 0 Å². The first-order valence-corrected chi connectivity index (χ1v) is 11.5. The number of aliphatic hydroxyl groups excluding tert-OH is 1. The van der Waals surface area contributed by atoms with E-state index in [1.807, 2.05) is 41.4 Å². The van der Waals surface area contributed by atoms with Crippen molar-refractivity contribution in [3.63, 3.8) is 0 Å². The topological polar surface area (TPSA) is 67.2 Å². The van der Waals surface area contributed by atoms with Crippen molar-refractivity contribution in [1.29, 1.82) is 0 Å². The molecule has 0 bridgehead atoms. The van der Waals surface area contributed by atoms with Crippen LogP contribution in [0.4, 0.5) is 15.9 Å². The number of benzene rings is 1. The van der Waals surface area contributed by atoms with Crippen LogP contribution in [-0.4, -0.2) is 72.9 Å². The van der Waals surface area contributed by atoms with E-state index in [2.05, 4.69) is 27.0 Å². The number of piperazine rings is 1. The van der Waals surface area contributed by atoms with Gasteiger partial charge >= 0.3 is 0 Å². The summed E-state index contributed by atoms with van der Waals surface area (Å²) in [5.41, 5.74) is 1.47. The van der Waals surface area contributed by atoms with Gasteiger partial charge in [0.1, 0.15) is 11.6 Å². The van der Waals surface area contributed by atoms with Crippen LogP contribution in [0.2, 0.25) is 0 Å². The molecule has 4 rings (SSSR count). The number of hydrogen-bond donors (Lipinski definition) is 2. The predicted molar refractivity (Wildman–Crippen MR) is 142 cm³/mol. The monoisotopic (exact) mass is 568 g/mol. The van der Waals surface area contributed by atoms with Crippen LogP contribution >= 0.6 is 24.0 Å². The number of rotatable bonds is 5. The van der Waals surface area contributed by atoms with Gasteiger partial charge in [-0.05, 0) is 49.6 Å². The number of pyridine rings is 1. The molecule has 9 heteroatoms. The van der Waals surface area contributed by atoms with E-state index in [4.69, 9.17) is 4.99 Å². The van der Waals surface area contributed by atoms with Gasteiger partial charge in [-0.3, -0.25) is 0 Å². The number of halogens is 2. The van der Waals surface area contributed by atoms with Crippen molar-refractivity contribution in [2.45, 2.75) is 32.4 Å². The number of nitrogens with zero attached hydrogens (tertiary/aromatic N) is 5. The zero-order valence-electron chi connectivity index (χ0n) is 19.2. The number of aromatic nitrogens is 1. The van der Waals surface area contributed by atoms with Gasteiger partial charge in [0.05, 0.1) is 18.3 Å². The number of piperidine rings is 1. The van der Waals surface area contributed by atoms with Crippen molar-refractivity contribution in [3.05, 3.63) is 54.0 Å². The van der Waals surface area contributed by atoms with E-state index in [9.17, 15) is 9.50 Å². The highest BCUT2D eigenvalue weighted by atomic mass is 127. The summed E-state index contributed by atoms with van der Waals surface area (Å²) < 4.78 is 14.8. The number of aliphatic imine (C=N–C) groups is 1. The molecular formula is C24H34FIN6O. The molecule has 0 unspecified atom stereocenters. The summed E-state index contributed by atoms with van der Waals surface area (Å²) in [5, 5.41) is 13.1. The standard InChI is InChI=1S/C24H33FN6O.HI/c1-2-26-24(31-15-13-30(14-16-31)23-5-3-4-10-27-23)28-18-19-6-7-22(21(25)17-19)29-11-8-20(32)9-12-29;/h3-7,10,17,20,32H,2,8-9,11-16,18H2,1H3,(H,26,28);1H. The van der Waals surface area contributed by atoms with Crippen LogP contribution in [0.25, 0.3) is 0 Å². The summed E-state index contributed by atoms with van der Waals surface area (Å²) in [6, 6.07) is 11.4. The first kappa shape index (κ1) is 25.5. The van der Waals surface area contributed by atoms with E-state index in [0.717, 1.165) is 50.1 Å². The molecule has 2 aliphatic rings. The first-order chi connectivity index (χ1) is 15.6. The van der Waals surface area contributed by atoms with E-state index in [-0.39, 0.29) is 35.9 Å². The number of aliphatic hydroxyl groups is 1. The molecule has 33 heavy (non-hydrogen) atoms. The van der Waals surface area contributed by atoms with Crippen LogP contribution in [0.1, 0.15) is 25.3 Å². The van der Waals surface area contributed by atoms with Gasteiger partial charge in [-0.2, -0.15) is 0 Å². The summed E-state index contributed by atoms with van der Waals surface area (Å²) in [4.78, 5) is 15.8. The summed E-state index contributed by atoms with van der Waals surface area (Å²) in [6.07, 6.45) is 2.93. The van der Waals surface area contributed by atoms with Gasteiger partial charge in [0.25, 0.3) is 0 Å². The molecule has 1 aromatic carbocycles. The van der Waals surface area contributed by atoms with Crippen LogP contribution < -0.4 is 15.1 Å². The molecular weight excluding hydrogens is 534 g/mol. The Bertz CT molecular complexity index is 899. The highest BCUT2D eigenvalue weighted by Crippen LogP contribution is 2.24. The third-order valence-corrected chi connectivity index (χ3v) is 6.12. The lowest BCUT2D eigenvalue weighted by molar-refractivity contribution is 0.145. The summed E-state index contributed by atoms with van der Waals surface area (Å²) in [7, 11) is 0. The van der Waals surface area contributed by atoms with E-state index in [0.29, 0.717) is 38.2 Å². The molecule has 0 atom stereocenters. The van der Waals surface area contributed by atoms with Crippen molar-refractivity contribution in [2.24, 2.45) is 4.99 Å². The van der Waals surface area contributed by atoms with Crippen molar-refractivity contribution < 1.29 is 9.50 Å². The molecule has 0 spiro atoms. The molecule has 7 nitrogen and oxygen atoms in total. The van der Waals surface area contributed by atoms with Gasteiger partial charge in [-0.1, -0.05) is 12.1 Å². The number of anilines is 2. The fourth-order valence-corrected chi connectivity index (χ4v) is 4.29. The second-order valence-corrected chi connectivity index (χ2v) is 8.34. The van der Waals surface area contributed by atoms with Gasteiger partial charge in [0.2, 0.25) is 0 Å². The minimum absolute atomic E-state index is 0. The van der Waals surface area contributed by atoms with E-state index in [1.54, 1.807) is 6.07 Å². The zero-order chi connectivity index (χ0) is 22.3. The molecule has 0 saturated carbocycles. The van der Waals surface area contributed by atoms with Gasteiger partial charge in [0.15, 0.2) is 5.96 Å². The van der Waals surface area contributed by atoms with Gasteiger partial charge in [-0.25, -0.2) is 14.4 Å². The quantitative estimate of drug-likeness (QED) is 0.329. The maximum absolute atomic E-state index is 14.8. The predicted octanol–water partition coefficient (Wildman–Crippen LogP) is 3.09.